The SMILES string of the molecule is Cl.Cl.O=C(C1CCCNC1)N1CCN(c2ccc(O)cc2)CC1. The molecule has 2 aliphatic rings. The largest absolute Gasteiger partial charge is 0.508 e. The Hall–Kier alpha value is -1.17. The summed E-state index contributed by atoms with van der Waals surface area (Å²) in [7, 11) is 0. The third kappa shape index (κ3) is 4.90. The topological polar surface area (TPSA) is 55.8 Å². The lowest BCUT2D eigenvalue weighted by Gasteiger charge is -2.38. The summed E-state index contributed by atoms with van der Waals surface area (Å²) in [5.74, 6) is 0.767. The summed E-state index contributed by atoms with van der Waals surface area (Å²) in [6, 6.07) is 7.27. The number of piperidine rings is 1. The number of aromatic hydroxyl groups is 1. The van der Waals surface area contributed by atoms with Crippen LogP contribution in [0.25, 0.3) is 0 Å². The van der Waals surface area contributed by atoms with Crippen LogP contribution >= 0.6 is 24.8 Å². The molecule has 130 valence electrons. The van der Waals surface area contributed by atoms with Crippen molar-refractivity contribution in [2.45, 2.75) is 12.8 Å². The van der Waals surface area contributed by atoms with Crippen molar-refractivity contribution in [2.75, 3.05) is 44.2 Å². The van der Waals surface area contributed by atoms with Gasteiger partial charge in [-0.05, 0) is 43.7 Å². The number of phenols is 1. The standard InChI is InChI=1S/C16H23N3O2.2ClH/c20-15-5-3-14(4-6-15)18-8-10-19(11-9-18)16(21)13-2-1-7-17-12-13;;/h3-6,13,17,20H,1-2,7-12H2;2*1H. The predicted molar refractivity (Wildman–Crippen MR) is 97.0 cm³/mol. The fraction of sp³-hybridized carbons (Fsp3) is 0.562. The van der Waals surface area contributed by atoms with Crippen LogP contribution in [0, 0.1) is 5.92 Å². The predicted octanol–water partition coefficient (Wildman–Crippen LogP) is 1.88. The second-order valence-corrected chi connectivity index (χ2v) is 5.87. The molecule has 0 bridgehead atoms. The van der Waals surface area contributed by atoms with Crippen LogP contribution in [0.1, 0.15) is 12.8 Å². The first-order chi connectivity index (χ1) is 10.2. The zero-order valence-corrected chi connectivity index (χ0v) is 14.7. The fourth-order valence-electron chi connectivity index (χ4n) is 3.17. The van der Waals surface area contributed by atoms with E-state index in [2.05, 4.69) is 10.2 Å². The highest BCUT2D eigenvalue weighted by Crippen LogP contribution is 2.21. The fourth-order valence-corrected chi connectivity index (χ4v) is 3.17. The van der Waals surface area contributed by atoms with Gasteiger partial charge in [0.1, 0.15) is 5.75 Å². The highest BCUT2D eigenvalue weighted by atomic mass is 35.5. The Labute approximate surface area is 149 Å². The van der Waals surface area contributed by atoms with Gasteiger partial charge >= 0.3 is 0 Å². The van der Waals surface area contributed by atoms with E-state index in [-0.39, 0.29) is 36.5 Å². The van der Waals surface area contributed by atoms with E-state index in [1.54, 1.807) is 12.1 Å². The third-order valence-corrected chi connectivity index (χ3v) is 4.45. The molecule has 7 heteroatoms. The molecule has 2 aliphatic heterocycles. The van der Waals surface area contributed by atoms with Crippen LogP contribution in [-0.4, -0.2) is 55.2 Å². The maximum Gasteiger partial charge on any atom is 0.227 e. The van der Waals surface area contributed by atoms with Crippen molar-refractivity contribution in [1.82, 2.24) is 10.2 Å². The maximum absolute atomic E-state index is 12.5. The zero-order chi connectivity index (χ0) is 14.7. The van der Waals surface area contributed by atoms with Gasteiger partial charge in [-0.1, -0.05) is 0 Å². The van der Waals surface area contributed by atoms with E-state index in [1.165, 1.54) is 0 Å². The average molecular weight is 362 g/mol. The summed E-state index contributed by atoms with van der Waals surface area (Å²) in [5.41, 5.74) is 1.11. The van der Waals surface area contributed by atoms with Gasteiger partial charge in [0.25, 0.3) is 0 Å². The molecule has 1 unspecified atom stereocenters. The quantitative estimate of drug-likeness (QED) is 0.844. The average Bonchev–Trinajstić information content (AvgIpc) is 2.56. The van der Waals surface area contributed by atoms with E-state index < -0.39 is 0 Å². The number of hydrogen-bond acceptors (Lipinski definition) is 4. The first-order valence-corrected chi connectivity index (χ1v) is 7.77. The van der Waals surface area contributed by atoms with Crippen LogP contribution in [0.4, 0.5) is 5.69 Å². The minimum atomic E-state index is 0. The smallest absolute Gasteiger partial charge is 0.227 e. The molecule has 3 rings (SSSR count). The Bertz CT molecular complexity index is 485. The van der Waals surface area contributed by atoms with E-state index in [0.717, 1.165) is 57.8 Å². The molecular formula is C16H25Cl2N3O2. The van der Waals surface area contributed by atoms with Gasteiger partial charge in [-0.2, -0.15) is 0 Å². The summed E-state index contributed by atoms with van der Waals surface area (Å²) in [5, 5.41) is 12.6. The second-order valence-electron chi connectivity index (χ2n) is 5.87. The number of piperazine rings is 1. The zero-order valence-electron chi connectivity index (χ0n) is 13.1. The van der Waals surface area contributed by atoms with Crippen molar-refractivity contribution in [1.29, 1.82) is 0 Å². The summed E-state index contributed by atoms with van der Waals surface area (Å²) in [4.78, 5) is 16.8. The maximum atomic E-state index is 12.5. The lowest BCUT2D eigenvalue weighted by atomic mass is 9.98. The van der Waals surface area contributed by atoms with Gasteiger partial charge in [-0.3, -0.25) is 4.79 Å². The van der Waals surface area contributed by atoms with Crippen LogP contribution in [0.15, 0.2) is 24.3 Å². The van der Waals surface area contributed by atoms with Gasteiger partial charge in [-0.25, -0.2) is 0 Å². The monoisotopic (exact) mass is 361 g/mol. The van der Waals surface area contributed by atoms with Crippen molar-refractivity contribution >= 4 is 36.4 Å². The van der Waals surface area contributed by atoms with E-state index in [1.807, 2.05) is 17.0 Å². The van der Waals surface area contributed by atoms with Crippen molar-refractivity contribution < 1.29 is 9.90 Å². The van der Waals surface area contributed by atoms with Gasteiger partial charge < -0.3 is 20.2 Å². The van der Waals surface area contributed by atoms with Crippen LogP contribution in [0.3, 0.4) is 0 Å². The molecule has 2 heterocycles. The molecule has 0 saturated carbocycles. The number of rotatable bonds is 2. The van der Waals surface area contributed by atoms with Crippen molar-refractivity contribution in [3.8, 4) is 5.75 Å². The van der Waals surface area contributed by atoms with Gasteiger partial charge in [0.05, 0.1) is 5.92 Å². The molecule has 0 radical (unpaired) electrons. The Kier molecular flexibility index (Phi) is 7.95. The number of nitrogens with one attached hydrogen (secondary N) is 1. The van der Waals surface area contributed by atoms with Crippen molar-refractivity contribution in [3.63, 3.8) is 0 Å². The number of phenolic OH excluding ortho intramolecular Hbond substituents is 1. The summed E-state index contributed by atoms with van der Waals surface area (Å²) in [6.45, 7) is 5.16. The highest BCUT2D eigenvalue weighted by Gasteiger charge is 2.28. The van der Waals surface area contributed by atoms with E-state index >= 15 is 0 Å². The lowest BCUT2D eigenvalue weighted by molar-refractivity contribution is -0.136. The summed E-state index contributed by atoms with van der Waals surface area (Å²) < 4.78 is 0. The number of amides is 1. The Morgan fingerprint density at radius 2 is 1.74 bits per heavy atom. The molecule has 2 fully saturated rings. The molecule has 1 atom stereocenters. The first kappa shape index (κ1) is 19.9. The Morgan fingerprint density at radius 3 is 2.30 bits per heavy atom. The number of halogens is 2. The van der Waals surface area contributed by atoms with Gasteiger partial charge in [0.15, 0.2) is 0 Å². The third-order valence-electron chi connectivity index (χ3n) is 4.45. The van der Waals surface area contributed by atoms with Crippen LogP contribution in [-0.2, 0) is 4.79 Å². The summed E-state index contributed by atoms with van der Waals surface area (Å²) in [6.07, 6.45) is 2.12. The van der Waals surface area contributed by atoms with Crippen molar-refractivity contribution in [2.24, 2.45) is 5.92 Å². The molecule has 5 nitrogen and oxygen atoms in total. The number of nitrogens with zero attached hydrogens (tertiary/aromatic N) is 2. The Balaban J connectivity index is 0.00000132. The van der Waals surface area contributed by atoms with E-state index in [4.69, 9.17) is 0 Å². The van der Waals surface area contributed by atoms with Gasteiger partial charge in [0.2, 0.25) is 5.91 Å². The van der Waals surface area contributed by atoms with E-state index in [0.29, 0.717) is 5.91 Å². The van der Waals surface area contributed by atoms with Crippen LogP contribution in [0.5, 0.6) is 5.75 Å². The van der Waals surface area contributed by atoms with Crippen molar-refractivity contribution in [3.05, 3.63) is 24.3 Å². The number of anilines is 1. The lowest BCUT2D eigenvalue weighted by Crippen LogP contribution is -2.52. The van der Waals surface area contributed by atoms with Gasteiger partial charge in [0, 0.05) is 38.4 Å². The molecule has 0 aliphatic carbocycles. The number of hydrogen-bond donors (Lipinski definition) is 2. The van der Waals surface area contributed by atoms with Crippen LogP contribution < -0.4 is 10.2 Å². The van der Waals surface area contributed by atoms with Gasteiger partial charge in [-0.15, -0.1) is 24.8 Å². The molecule has 23 heavy (non-hydrogen) atoms. The normalized spacial score (nSPS) is 21.1. The highest BCUT2D eigenvalue weighted by molar-refractivity contribution is 5.85. The molecular weight excluding hydrogens is 337 g/mol. The molecule has 2 N–H and O–H groups in total. The minimum absolute atomic E-state index is 0. The summed E-state index contributed by atoms with van der Waals surface area (Å²) >= 11 is 0. The molecule has 2 saturated heterocycles. The van der Waals surface area contributed by atoms with Crippen LogP contribution in [0.2, 0.25) is 0 Å². The number of carbonyl (C=O) groups is 1. The minimum Gasteiger partial charge on any atom is -0.508 e. The second kappa shape index (κ2) is 9.21. The molecule has 0 spiro atoms. The number of benzene rings is 1. The molecule has 1 amide bonds. The number of carbonyl (C=O) groups excluding carboxylic acids is 1. The Morgan fingerprint density at radius 1 is 1.09 bits per heavy atom. The molecule has 1 aromatic rings. The first-order valence-electron chi connectivity index (χ1n) is 7.77. The molecule has 0 aromatic heterocycles. The molecule has 1 aromatic carbocycles. The van der Waals surface area contributed by atoms with E-state index in [9.17, 15) is 9.90 Å².